The number of rotatable bonds is 4. The largest absolute Gasteiger partial charge is 1.00 e. The average Bonchev–Trinajstić information content (AvgIpc) is 3.32. The van der Waals surface area contributed by atoms with Crippen LogP contribution in [0.25, 0.3) is 5.57 Å². The van der Waals surface area contributed by atoms with Gasteiger partial charge in [-0.25, -0.2) is 0 Å². The Morgan fingerprint density at radius 1 is 1.18 bits per heavy atom. The molecule has 0 saturated carbocycles. The van der Waals surface area contributed by atoms with Crippen molar-refractivity contribution in [2.75, 3.05) is 13.1 Å². The fourth-order valence-corrected chi connectivity index (χ4v) is 7.68. The Labute approximate surface area is 200 Å². The van der Waals surface area contributed by atoms with E-state index in [1.807, 2.05) is 0 Å². The molecule has 0 amide bonds. The number of piperidine rings is 1. The van der Waals surface area contributed by atoms with Crippen molar-refractivity contribution in [3.05, 3.63) is 58.8 Å². The monoisotopic (exact) mass is 466 g/mol. The summed E-state index contributed by atoms with van der Waals surface area (Å²) in [6.45, 7) is 4.26. The SMILES string of the molecule is CCCCCN1CC[C@]23c4c5ccc(O)c4O[C@H]2C2=C(C[C@@]3(O)[C@@H]1C5)c1ccccc1[NH2+]2.[Cl-]. The summed E-state index contributed by atoms with van der Waals surface area (Å²) in [6.07, 6.45) is 5.69. The van der Waals surface area contributed by atoms with Gasteiger partial charge in [0.25, 0.3) is 0 Å². The number of para-hydroxylation sites is 1. The summed E-state index contributed by atoms with van der Waals surface area (Å²) in [7, 11) is 0. The Kier molecular flexibility index (Phi) is 4.70. The number of fused-ring (bicyclic) bond motifs is 3. The molecule has 0 aromatic heterocycles. The van der Waals surface area contributed by atoms with Gasteiger partial charge in [-0.1, -0.05) is 38.0 Å². The molecule has 174 valence electrons. The molecule has 5 nitrogen and oxygen atoms in total. The zero-order valence-electron chi connectivity index (χ0n) is 19.0. The Bertz CT molecular complexity index is 1180. The van der Waals surface area contributed by atoms with Crippen molar-refractivity contribution in [2.24, 2.45) is 0 Å². The Balaban J connectivity index is 0.00000206. The standard InChI is InChI=1S/C27H30N2O3.ClH/c1-2-3-6-12-29-13-11-26-22-16-9-10-20(30)24(22)32-25(26)23-18(15-27(26,31)21(29)14-16)17-7-4-5-8-19(17)28-23;/h4-5,7-10,21,25,28,30-31H,2-3,6,11-15H2,1H3;1H/t21-,25-,26-,27+;/m0./s1. The molecular formula is C27H31ClN2O3. The number of quaternary nitrogens is 1. The number of benzene rings is 2. The van der Waals surface area contributed by atoms with Gasteiger partial charge in [0.2, 0.25) is 0 Å². The molecule has 4 N–H and O–H groups in total. The molecule has 0 radical (unpaired) electrons. The molecule has 3 aliphatic heterocycles. The summed E-state index contributed by atoms with van der Waals surface area (Å²) >= 11 is 0. The summed E-state index contributed by atoms with van der Waals surface area (Å²) < 4.78 is 6.64. The van der Waals surface area contributed by atoms with E-state index in [0.717, 1.165) is 31.5 Å². The molecule has 4 atom stereocenters. The number of aromatic hydroxyl groups is 1. The van der Waals surface area contributed by atoms with E-state index in [1.54, 1.807) is 6.07 Å². The van der Waals surface area contributed by atoms with Gasteiger partial charge in [-0.15, -0.1) is 0 Å². The first-order chi connectivity index (χ1) is 15.6. The summed E-state index contributed by atoms with van der Waals surface area (Å²) in [6, 6.07) is 12.4. The fourth-order valence-electron chi connectivity index (χ4n) is 7.68. The zero-order chi connectivity index (χ0) is 21.7. The van der Waals surface area contributed by atoms with Crippen molar-refractivity contribution in [3.63, 3.8) is 0 Å². The van der Waals surface area contributed by atoms with Gasteiger partial charge in [-0.3, -0.25) is 10.2 Å². The van der Waals surface area contributed by atoms with Crippen LogP contribution in [0.4, 0.5) is 5.69 Å². The molecular weight excluding hydrogens is 436 g/mol. The van der Waals surface area contributed by atoms with Gasteiger partial charge in [0.15, 0.2) is 23.3 Å². The van der Waals surface area contributed by atoms with E-state index in [0.29, 0.717) is 12.2 Å². The topological polar surface area (TPSA) is 69.5 Å². The summed E-state index contributed by atoms with van der Waals surface area (Å²) in [5.74, 6) is 0.818. The van der Waals surface area contributed by atoms with Gasteiger partial charge in [-0.2, -0.15) is 0 Å². The number of ether oxygens (including phenoxy) is 1. The minimum Gasteiger partial charge on any atom is -1.00 e. The highest BCUT2D eigenvalue weighted by Crippen LogP contribution is 2.67. The molecule has 1 spiro atoms. The molecule has 0 unspecified atom stereocenters. The Morgan fingerprint density at radius 3 is 2.88 bits per heavy atom. The highest BCUT2D eigenvalue weighted by atomic mass is 35.5. The highest BCUT2D eigenvalue weighted by molar-refractivity contribution is 5.82. The third-order valence-corrected chi connectivity index (χ3v) is 9.05. The first-order valence-corrected chi connectivity index (χ1v) is 12.2. The predicted octanol–water partition coefficient (Wildman–Crippen LogP) is -0.0298. The molecule has 5 aliphatic rings. The fraction of sp³-hybridized carbons (Fsp3) is 0.481. The lowest BCUT2D eigenvalue weighted by molar-refractivity contribution is -0.524. The maximum atomic E-state index is 12.8. The minimum atomic E-state index is -0.904. The van der Waals surface area contributed by atoms with Gasteiger partial charge in [-0.05, 0) is 50.0 Å². The van der Waals surface area contributed by atoms with Crippen LogP contribution < -0.4 is 22.5 Å². The highest BCUT2D eigenvalue weighted by Gasteiger charge is 2.74. The third kappa shape index (κ3) is 2.49. The zero-order valence-corrected chi connectivity index (χ0v) is 19.7. The van der Waals surface area contributed by atoms with Crippen LogP contribution in [0.1, 0.15) is 55.7 Å². The lowest BCUT2D eigenvalue weighted by atomic mass is 9.49. The Morgan fingerprint density at radius 2 is 2.03 bits per heavy atom. The van der Waals surface area contributed by atoms with Crippen molar-refractivity contribution in [1.82, 2.24) is 4.90 Å². The maximum absolute atomic E-state index is 12.8. The maximum Gasteiger partial charge on any atom is 0.186 e. The van der Waals surface area contributed by atoms with Crippen molar-refractivity contribution in [1.29, 1.82) is 0 Å². The molecule has 2 aromatic carbocycles. The lowest BCUT2D eigenvalue weighted by Gasteiger charge is -2.62. The van der Waals surface area contributed by atoms with Crippen LogP contribution in [0.2, 0.25) is 0 Å². The number of nitrogens with two attached hydrogens (primary N) is 1. The number of aliphatic hydroxyl groups is 1. The molecule has 33 heavy (non-hydrogen) atoms. The number of phenolic OH excluding ortho intramolecular Hbond substituents is 1. The van der Waals surface area contributed by atoms with Crippen LogP contribution in [-0.2, 0) is 11.8 Å². The molecule has 7 rings (SSSR count). The smallest absolute Gasteiger partial charge is 0.186 e. The first kappa shape index (κ1) is 21.5. The molecule has 1 fully saturated rings. The second kappa shape index (κ2) is 7.22. The summed E-state index contributed by atoms with van der Waals surface area (Å²) in [4.78, 5) is 2.56. The van der Waals surface area contributed by atoms with E-state index < -0.39 is 11.0 Å². The normalized spacial score (nSPS) is 32.5. The van der Waals surface area contributed by atoms with E-state index in [2.05, 4.69) is 47.5 Å². The van der Waals surface area contributed by atoms with Crippen molar-refractivity contribution in [3.8, 4) is 11.5 Å². The van der Waals surface area contributed by atoms with Crippen LogP contribution in [0.5, 0.6) is 11.5 Å². The van der Waals surface area contributed by atoms with Crippen LogP contribution in [0.15, 0.2) is 42.1 Å². The molecule has 2 bridgehead atoms. The molecule has 1 saturated heterocycles. The van der Waals surface area contributed by atoms with Crippen molar-refractivity contribution in [2.45, 2.75) is 68.6 Å². The van der Waals surface area contributed by atoms with Crippen LogP contribution in [0.3, 0.4) is 0 Å². The lowest BCUT2D eigenvalue weighted by Crippen LogP contribution is -3.00. The van der Waals surface area contributed by atoms with Crippen molar-refractivity contribution >= 4 is 11.3 Å². The van der Waals surface area contributed by atoms with E-state index >= 15 is 0 Å². The number of phenols is 1. The summed E-state index contributed by atoms with van der Waals surface area (Å²) in [5, 5.41) is 25.8. The Hall–Kier alpha value is -2.05. The number of likely N-dealkylation sites (tertiary alicyclic amines) is 1. The van der Waals surface area contributed by atoms with E-state index in [4.69, 9.17) is 4.74 Å². The van der Waals surface area contributed by atoms with Gasteiger partial charge < -0.3 is 27.4 Å². The van der Waals surface area contributed by atoms with E-state index in [-0.39, 0.29) is 30.3 Å². The molecule has 2 aromatic rings. The van der Waals surface area contributed by atoms with Gasteiger partial charge in [0, 0.05) is 35.2 Å². The second-order valence-corrected chi connectivity index (χ2v) is 10.4. The number of unbranched alkanes of at least 4 members (excludes halogenated alkanes) is 2. The molecule has 6 heteroatoms. The molecule has 2 aliphatic carbocycles. The quantitative estimate of drug-likeness (QED) is 0.437. The number of halogens is 1. The molecule has 3 heterocycles. The van der Waals surface area contributed by atoms with E-state index in [1.165, 1.54) is 47.3 Å². The second-order valence-electron chi connectivity index (χ2n) is 10.4. The van der Waals surface area contributed by atoms with Gasteiger partial charge >= 0.3 is 0 Å². The van der Waals surface area contributed by atoms with Gasteiger partial charge in [0.1, 0.15) is 5.69 Å². The van der Waals surface area contributed by atoms with Crippen molar-refractivity contribution < 1.29 is 32.7 Å². The summed E-state index contributed by atoms with van der Waals surface area (Å²) in [5.41, 5.74) is 5.83. The first-order valence-electron chi connectivity index (χ1n) is 12.2. The number of hydrogen-bond acceptors (Lipinski definition) is 4. The van der Waals surface area contributed by atoms with Crippen LogP contribution in [-0.4, -0.2) is 45.9 Å². The third-order valence-electron chi connectivity index (χ3n) is 9.05. The number of nitrogens with zero attached hydrogens (tertiary/aromatic N) is 1. The predicted molar refractivity (Wildman–Crippen MR) is 122 cm³/mol. The van der Waals surface area contributed by atoms with Crippen LogP contribution in [0, 0.1) is 0 Å². The number of hydrogen-bond donors (Lipinski definition) is 3. The average molecular weight is 467 g/mol. The minimum absolute atomic E-state index is 0. The van der Waals surface area contributed by atoms with Crippen LogP contribution >= 0.6 is 0 Å². The van der Waals surface area contributed by atoms with Gasteiger partial charge in [0.05, 0.1) is 11.0 Å². The van der Waals surface area contributed by atoms with E-state index in [9.17, 15) is 10.2 Å².